The third-order valence-electron chi connectivity index (χ3n) is 3.24. The number of sulfonamides is 1. The van der Waals surface area contributed by atoms with Crippen LogP contribution in [0.4, 0.5) is 5.69 Å². The Labute approximate surface area is 145 Å². The normalized spacial score (nSPS) is 12.1. The quantitative estimate of drug-likeness (QED) is 0.790. The second kappa shape index (κ2) is 7.80. The molecular weight excluding hydrogens is 346 g/mol. The number of nitrogens with one attached hydrogen (secondary N) is 1. The first-order valence-corrected chi connectivity index (χ1v) is 8.78. The fraction of sp³-hybridized carbons (Fsp3) is 0.176. The Morgan fingerprint density at radius 1 is 1.00 bits per heavy atom. The fourth-order valence-corrected chi connectivity index (χ4v) is 2.99. The van der Waals surface area contributed by atoms with Gasteiger partial charge in [-0.1, -0.05) is 18.2 Å². The van der Waals surface area contributed by atoms with Crippen LogP contribution >= 0.6 is 0 Å². The van der Waals surface area contributed by atoms with E-state index in [4.69, 9.17) is 4.74 Å². The minimum atomic E-state index is -3.77. The van der Waals surface area contributed by atoms with Crippen molar-refractivity contribution < 1.29 is 27.5 Å². The van der Waals surface area contributed by atoms with Gasteiger partial charge in [-0.15, -0.1) is 0 Å². The van der Waals surface area contributed by atoms with Crippen LogP contribution in [0.15, 0.2) is 59.5 Å². The molecule has 0 amide bonds. The van der Waals surface area contributed by atoms with Crippen LogP contribution in [0.25, 0.3) is 0 Å². The van der Waals surface area contributed by atoms with Crippen molar-refractivity contribution in [3.05, 3.63) is 60.2 Å². The molecule has 2 aromatic rings. The smallest absolute Gasteiger partial charge is 0.346 e. The molecule has 0 saturated heterocycles. The van der Waals surface area contributed by atoms with Crippen molar-refractivity contribution in [3.8, 4) is 0 Å². The van der Waals surface area contributed by atoms with Crippen LogP contribution in [0, 0.1) is 0 Å². The van der Waals surface area contributed by atoms with E-state index in [1.54, 1.807) is 30.3 Å². The molecule has 7 nitrogen and oxygen atoms in total. The van der Waals surface area contributed by atoms with Crippen molar-refractivity contribution in [2.24, 2.45) is 0 Å². The van der Waals surface area contributed by atoms with Crippen molar-refractivity contribution >= 4 is 27.6 Å². The highest BCUT2D eigenvalue weighted by Crippen LogP contribution is 2.17. The zero-order valence-electron chi connectivity index (χ0n) is 13.6. The van der Waals surface area contributed by atoms with Crippen LogP contribution in [0.2, 0.25) is 0 Å². The zero-order chi connectivity index (χ0) is 18.4. The molecule has 0 heterocycles. The van der Waals surface area contributed by atoms with E-state index >= 15 is 0 Å². The number of hydrogen-bond donors (Lipinski definition) is 1. The summed E-state index contributed by atoms with van der Waals surface area (Å²) in [5.41, 5.74) is 0.548. The van der Waals surface area contributed by atoms with Crippen LogP contribution in [-0.2, 0) is 24.3 Å². The number of benzene rings is 2. The van der Waals surface area contributed by atoms with Crippen LogP contribution < -0.4 is 4.72 Å². The van der Waals surface area contributed by atoms with E-state index in [2.05, 4.69) is 9.46 Å². The second-order valence-corrected chi connectivity index (χ2v) is 6.75. The van der Waals surface area contributed by atoms with Gasteiger partial charge in [-0.05, 0) is 43.3 Å². The molecule has 0 spiro atoms. The van der Waals surface area contributed by atoms with Crippen molar-refractivity contribution in [3.63, 3.8) is 0 Å². The number of esters is 2. The first-order chi connectivity index (χ1) is 11.8. The maximum Gasteiger partial charge on any atom is 0.346 e. The van der Waals surface area contributed by atoms with Crippen LogP contribution in [0.1, 0.15) is 17.3 Å². The van der Waals surface area contributed by atoms with Crippen molar-refractivity contribution in [1.29, 1.82) is 0 Å². The SMILES string of the molecule is COC(=O)[C@H](C)OC(=O)c1ccc(S(=O)(=O)Nc2ccccc2)cc1. The molecular formula is C17H17NO6S. The molecule has 1 atom stereocenters. The van der Waals surface area contributed by atoms with Gasteiger partial charge in [-0.25, -0.2) is 18.0 Å². The molecule has 0 aliphatic heterocycles. The predicted molar refractivity (Wildman–Crippen MR) is 90.6 cm³/mol. The predicted octanol–water partition coefficient (Wildman–Crippen LogP) is 2.21. The maximum absolute atomic E-state index is 12.3. The van der Waals surface area contributed by atoms with Crippen molar-refractivity contribution in [2.45, 2.75) is 17.9 Å². The molecule has 0 aromatic heterocycles. The van der Waals surface area contributed by atoms with Gasteiger partial charge in [0.1, 0.15) is 0 Å². The van der Waals surface area contributed by atoms with Gasteiger partial charge in [-0.2, -0.15) is 0 Å². The van der Waals surface area contributed by atoms with Crippen molar-refractivity contribution in [1.82, 2.24) is 0 Å². The number of carbonyl (C=O) groups is 2. The molecule has 0 unspecified atom stereocenters. The minimum Gasteiger partial charge on any atom is -0.466 e. The van der Waals surface area contributed by atoms with Crippen molar-refractivity contribution in [2.75, 3.05) is 11.8 Å². The summed E-state index contributed by atoms with van der Waals surface area (Å²) in [7, 11) is -2.59. The Bertz CT molecular complexity index is 846. The average Bonchev–Trinajstić information content (AvgIpc) is 2.61. The van der Waals surface area contributed by atoms with Gasteiger partial charge in [0.2, 0.25) is 0 Å². The highest BCUT2D eigenvalue weighted by atomic mass is 32.2. The summed E-state index contributed by atoms with van der Waals surface area (Å²) < 4.78 is 36.4. The lowest BCUT2D eigenvalue weighted by atomic mass is 10.2. The average molecular weight is 363 g/mol. The van der Waals surface area contributed by atoms with Crippen LogP contribution in [-0.4, -0.2) is 33.6 Å². The number of anilines is 1. The number of methoxy groups -OCH3 is 1. The molecule has 1 N–H and O–H groups in total. The molecule has 0 aliphatic carbocycles. The Hall–Kier alpha value is -2.87. The Kier molecular flexibility index (Phi) is 5.76. The molecule has 2 aromatic carbocycles. The molecule has 0 fully saturated rings. The molecule has 25 heavy (non-hydrogen) atoms. The third kappa shape index (κ3) is 4.80. The molecule has 2 rings (SSSR count). The van der Waals surface area contributed by atoms with Gasteiger partial charge in [-0.3, -0.25) is 4.72 Å². The summed E-state index contributed by atoms with van der Waals surface area (Å²) in [5, 5.41) is 0. The second-order valence-electron chi connectivity index (χ2n) is 5.07. The van der Waals surface area contributed by atoms with E-state index in [9.17, 15) is 18.0 Å². The summed E-state index contributed by atoms with van der Waals surface area (Å²) in [6, 6.07) is 13.6. The molecule has 8 heteroatoms. The molecule has 0 aliphatic rings. The Morgan fingerprint density at radius 2 is 1.60 bits per heavy atom. The van der Waals surface area contributed by atoms with E-state index in [1.165, 1.54) is 38.3 Å². The van der Waals surface area contributed by atoms with E-state index in [1.807, 2.05) is 0 Å². The van der Waals surface area contributed by atoms with E-state index in [-0.39, 0.29) is 10.5 Å². The van der Waals surface area contributed by atoms with E-state index in [0.29, 0.717) is 5.69 Å². The first-order valence-electron chi connectivity index (χ1n) is 7.30. The molecule has 0 radical (unpaired) electrons. The van der Waals surface area contributed by atoms with Gasteiger partial charge in [0, 0.05) is 5.69 Å². The van der Waals surface area contributed by atoms with Gasteiger partial charge < -0.3 is 9.47 Å². The standard InChI is InChI=1S/C17H17NO6S/c1-12(16(19)23-2)24-17(20)13-8-10-15(11-9-13)25(21,22)18-14-6-4-3-5-7-14/h3-12,18H,1-2H3/t12-/m0/s1. The van der Waals surface area contributed by atoms with Gasteiger partial charge in [0.25, 0.3) is 10.0 Å². The van der Waals surface area contributed by atoms with Gasteiger partial charge in [0.15, 0.2) is 6.10 Å². The van der Waals surface area contributed by atoms with Crippen LogP contribution in [0.3, 0.4) is 0 Å². The lowest BCUT2D eigenvalue weighted by molar-refractivity contribution is -0.149. The monoisotopic (exact) mass is 363 g/mol. The summed E-state index contributed by atoms with van der Waals surface area (Å²) in [4.78, 5) is 23.2. The molecule has 0 saturated carbocycles. The van der Waals surface area contributed by atoms with Crippen LogP contribution in [0.5, 0.6) is 0 Å². The summed E-state index contributed by atoms with van der Waals surface area (Å²) >= 11 is 0. The topological polar surface area (TPSA) is 98.8 Å². The molecule has 0 bridgehead atoms. The highest BCUT2D eigenvalue weighted by Gasteiger charge is 2.20. The fourth-order valence-electron chi connectivity index (χ4n) is 1.93. The number of rotatable bonds is 6. The minimum absolute atomic E-state index is 0.00563. The van der Waals surface area contributed by atoms with Gasteiger partial charge >= 0.3 is 11.9 Å². The lowest BCUT2D eigenvalue weighted by Crippen LogP contribution is -2.25. The summed E-state index contributed by atoms with van der Waals surface area (Å²) in [6.45, 7) is 1.38. The first kappa shape index (κ1) is 18.5. The zero-order valence-corrected chi connectivity index (χ0v) is 14.4. The van der Waals surface area contributed by atoms with Gasteiger partial charge in [0.05, 0.1) is 17.6 Å². The highest BCUT2D eigenvalue weighted by molar-refractivity contribution is 7.92. The number of para-hydroxylation sites is 1. The largest absolute Gasteiger partial charge is 0.466 e. The third-order valence-corrected chi connectivity index (χ3v) is 4.64. The Balaban J connectivity index is 2.11. The number of ether oxygens (including phenoxy) is 2. The number of carbonyl (C=O) groups excluding carboxylic acids is 2. The number of hydrogen-bond acceptors (Lipinski definition) is 6. The summed E-state index contributed by atoms with van der Waals surface area (Å²) in [6.07, 6.45) is -1.05. The van der Waals surface area contributed by atoms with E-state index < -0.39 is 28.1 Å². The molecule has 132 valence electrons. The maximum atomic E-state index is 12.3. The van der Waals surface area contributed by atoms with E-state index in [0.717, 1.165) is 0 Å². The Morgan fingerprint density at radius 3 is 2.16 bits per heavy atom. The summed E-state index contributed by atoms with van der Waals surface area (Å²) in [5.74, 6) is -1.43. The lowest BCUT2D eigenvalue weighted by Gasteiger charge is -2.11.